The third-order valence-electron chi connectivity index (χ3n) is 6.11. The summed E-state index contributed by atoms with van der Waals surface area (Å²) >= 11 is 0. The van der Waals surface area contributed by atoms with Crippen molar-refractivity contribution in [3.63, 3.8) is 0 Å². The number of fused-ring (bicyclic) bond motifs is 3. The van der Waals surface area contributed by atoms with E-state index >= 15 is 0 Å². The minimum atomic E-state index is -4.59. The third kappa shape index (κ3) is 3.77. The Morgan fingerprint density at radius 2 is 1.83 bits per heavy atom. The van der Waals surface area contributed by atoms with Crippen molar-refractivity contribution in [2.24, 2.45) is 7.05 Å². The smallest absolute Gasteiger partial charge is 0.383 e. The molecule has 36 heavy (non-hydrogen) atoms. The van der Waals surface area contributed by atoms with Crippen molar-refractivity contribution in [2.75, 3.05) is 12.8 Å². The lowest BCUT2D eigenvalue weighted by atomic mass is 10.0. The highest BCUT2D eigenvalue weighted by molar-refractivity contribution is 6.04. The molecule has 2 N–H and O–H groups in total. The van der Waals surface area contributed by atoms with Crippen LogP contribution in [0.15, 0.2) is 53.6 Å². The minimum absolute atomic E-state index is 0.0764. The molecular formula is C25H21F3N6O2. The van der Waals surface area contributed by atoms with Gasteiger partial charge in [0.25, 0.3) is 0 Å². The standard InChI is InChI=1S/C25H21F3N6O2/c1-13-19(6-7-21(32-13)25(26,27)28)34-22-17-9-14(15-8-16(12-36-3)23(29)31-10-15)4-5-18(17)30-11-20(22)33(2)24(34)35/h4-11H,12H2,1-3H3,(H2,29,31). The van der Waals surface area contributed by atoms with Crippen molar-refractivity contribution in [1.82, 2.24) is 24.1 Å². The fraction of sp³-hybridized carbons (Fsp3) is 0.200. The summed E-state index contributed by atoms with van der Waals surface area (Å²) in [4.78, 5) is 25.8. The van der Waals surface area contributed by atoms with Gasteiger partial charge in [0, 0.05) is 36.9 Å². The zero-order chi connectivity index (χ0) is 25.8. The number of imidazole rings is 1. The Kier molecular flexibility index (Phi) is 5.51. The van der Waals surface area contributed by atoms with Crippen LogP contribution < -0.4 is 11.4 Å². The Balaban J connectivity index is 1.78. The van der Waals surface area contributed by atoms with Crippen LogP contribution in [0, 0.1) is 6.92 Å². The lowest BCUT2D eigenvalue weighted by Crippen LogP contribution is -2.22. The number of benzene rings is 1. The van der Waals surface area contributed by atoms with Crippen molar-refractivity contribution >= 4 is 27.8 Å². The molecule has 0 aliphatic heterocycles. The lowest BCUT2D eigenvalue weighted by molar-refractivity contribution is -0.141. The molecule has 0 radical (unpaired) electrons. The van der Waals surface area contributed by atoms with Crippen molar-refractivity contribution in [3.05, 3.63) is 76.2 Å². The SMILES string of the molecule is COCc1cc(-c2ccc3ncc4c(c3c2)n(-c2ccc(C(F)(F)F)nc2C)c(=O)n4C)cnc1N. The molecule has 0 aliphatic carbocycles. The van der Waals surface area contributed by atoms with Gasteiger partial charge in [-0.05, 0) is 42.8 Å². The van der Waals surface area contributed by atoms with Crippen LogP contribution >= 0.6 is 0 Å². The van der Waals surface area contributed by atoms with E-state index in [-0.39, 0.29) is 11.4 Å². The normalized spacial score (nSPS) is 12.1. The molecule has 5 rings (SSSR count). The Labute approximate surface area is 202 Å². The number of hydrogen-bond acceptors (Lipinski definition) is 6. The van der Waals surface area contributed by atoms with Crippen molar-refractivity contribution in [2.45, 2.75) is 19.7 Å². The second-order valence-electron chi connectivity index (χ2n) is 8.40. The van der Waals surface area contributed by atoms with E-state index in [9.17, 15) is 18.0 Å². The summed E-state index contributed by atoms with van der Waals surface area (Å²) in [6, 6.07) is 9.58. The van der Waals surface area contributed by atoms with Gasteiger partial charge in [0.15, 0.2) is 0 Å². The van der Waals surface area contributed by atoms with Gasteiger partial charge in [-0.1, -0.05) is 6.07 Å². The first-order chi connectivity index (χ1) is 17.1. The number of methoxy groups -OCH3 is 1. The summed E-state index contributed by atoms with van der Waals surface area (Å²) in [5, 5.41) is 0.645. The maximum absolute atomic E-state index is 13.3. The van der Waals surface area contributed by atoms with Gasteiger partial charge in [-0.15, -0.1) is 0 Å². The summed E-state index contributed by atoms with van der Waals surface area (Å²) in [5.74, 6) is 0.368. The van der Waals surface area contributed by atoms with Crippen molar-refractivity contribution < 1.29 is 17.9 Å². The first-order valence-corrected chi connectivity index (χ1v) is 10.9. The van der Waals surface area contributed by atoms with E-state index in [1.54, 1.807) is 26.6 Å². The van der Waals surface area contributed by atoms with E-state index in [1.807, 2.05) is 24.3 Å². The van der Waals surface area contributed by atoms with Crippen LogP contribution in [-0.2, 0) is 24.6 Å². The summed E-state index contributed by atoms with van der Waals surface area (Å²) in [6.45, 7) is 1.74. The average molecular weight is 494 g/mol. The van der Waals surface area contributed by atoms with Crippen molar-refractivity contribution in [3.8, 4) is 16.8 Å². The molecule has 0 saturated carbocycles. The van der Waals surface area contributed by atoms with Crippen LogP contribution in [0.3, 0.4) is 0 Å². The zero-order valence-corrected chi connectivity index (χ0v) is 19.6. The largest absolute Gasteiger partial charge is 0.433 e. The summed E-state index contributed by atoms with van der Waals surface area (Å²) in [7, 11) is 3.16. The van der Waals surface area contributed by atoms with Gasteiger partial charge >= 0.3 is 11.9 Å². The van der Waals surface area contributed by atoms with Crippen LogP contribution in [0.1, 0.15) is 17.0 Å². The highest BCUT2D eigenvalue weighted by Crippen LogP contribution is 2.32. The fourth-order valence-corrected chi connectivity index (χ4v) is 4.30. The van der Waals surface area contributed by atoms with E-state index in [0.717, 1.165) is 22.8 Å². The van der Waals surface area contributed by atoms with Gasteiger partial charge in [-0.2, -0.15) is 13.2 Å². The number of pyridine rings is 3. The van der Waals surface area contributed by atoms with E-state index in [1.165, 1.54) is 22.1 Å². The Morgan fingerprint density at radius 3 is 2.53 bits per heavy atom. The molecule has 0 unspecified atom stereocenters. The topological polar surface area (TPSA) is 101 Å². The maximum Gasteiger partial charge on any atom is 0.433 e. The zero-order valence-electron chi connectivity index (χ0n) is 19.6. The number of alkyl halides is 3. The van der Waals surface area contributed by atoms with Gasteiger partial charge < -0.3 is 10.5 Å². The molecule has 1 aromatic carbocycles. The number of aryl methyl sites for hydroxylation is 2. The van der Waals surface area contributed by atoms with Crippen LogP contribution in [0.4, 0.5) is 19.0 Å². The average Bonchev–Trinajstić information content (AvgIpc) is 3.10. The maximum atomic E-state index is 13.3. The van der Waals surface area contributed by atoms with Crippen LogP contribution in [-0.4, -0.2) is 31.2 Å². The first-order valence-electron chi connectivity index (χ1n) is 10.9. The molecule has 0 bridgehead atoms. The molecule has 0 atom stereocenters. The molecule has 0 spiro atoms. The Morgan fingerprint density at radius 1 is 1.06 bits per heavy atom. The van der Waals surface area contributed by atoms with Crippen LogP contribution in [0.5, 0.6) is 0 Å². The molecule has 0 saturated heterocycles. The number of rotatable bonds is 4. The number of nitrogens with zero attached hydrogens (tertiary/aromatic N) is 5. The molecule has 4 heterocycles. The minimum Gasteiger partial charge on any atom is -0.383 e. The number of nitrogen functional groups attached to an aromatic ring is 1. The van der Waals surface area contributed by atoms with E-state index < -0.39 is 17.6 Å². The molecule has 0 aliphatic rings. The number of anilines is 1. The molecule has 8 nitrogen and oxygen atoms in total. The van der Waals surface area contributed by atoms with E-state index in [4.69, 9.17) is 10.5 Å². The monoisotopic (exact) mass is 494 g/mol. The first kappa shape index (κ1) is 23.5. The van der Waals surface area contributed by atoms with Crippen molar-refractivity contribution in [1.29, 1.82) is 0 Å². The number of halogens is 3. The van der Waals surface area contributed by atoms with E-state index in [2.05, 4.69) is 15.0 Å². The number of hydrogen-bond donors (Lipinski definition) is 1. The predicted molar refractivity (Wildman–Crippen MR) is 130 cm³/mol. The second kappa shape index (κ2) is 8.45. The van der Waals surface area contributed by atoms with Gasteiger partial charge in [-0.25, -0.2) is 14.8 Å². The Bertz CT molecular complexity index is 1700. The quantitative estimate of drug-likeness (QED) is 0.398. The molecule has 4 aromatic heterocycles. The molecule has 11 heteroatoms. The highest BCUT2D eigenvalue weighted by Gasteiger charge is 2.33. The predicted octanol–water partition coefficient (Wildman–Crippen LogP) is 4.39. The summed E-state index contributed by atoms with van der Waals surface area (Å²) in [5.41, 5.74) is 8.81. The van der Waals surface area contributed by atoms with Gasteiger partial charge in [0.05, 0.1) is 40.7 Å². The Hall–Kier alpha value is -4.25. The summed E-state index contributed by atoms with van der Waals surface area (Å²) in [6.07, 6.45) is -1.37. The van der Waals surface area contributed by atoms with E-state index in [0.29, 0.717) is 34.4 Å². The lowest BCUT2D eigenvalue weighted by Gasteiger charge is -2.12. The molecule has 0 amide bonds. The van der Waals surface area contributed by atoms with Gasteiger partial charge in [0.1, 0.15) is 11.5 Å². The third-order valence-corrected chi connectivity index (χ3v) is 6.11. The molecule has 5 aromatic rings. The summed E-state index contributed by atoms with van der Waals surface area (Å²) < 4.78 is 47.6. The molecule has 0 fully saturated rings. The van der Waals surface area contributed by atoms with Crippen LogP contribution in [0.2, 0.25) is 0 Å². The number of aromatic nitrogens is 5. The number of ether oxygens (including phenoxy) is 1. The molecule has 184 valence electrons. The highest BCUT2D eigenvalue weighted by atomic mass is 19.4. The van der Waals surface area contributed by atoms with Gasteiger partial charge in [-0.3, -0.25) is 14.1 Å². The fourth-order valence-electron chi connectivity index (χ4n) is 4.30. The van der Waals surface area contributed by atoms with Crippen LogP contribution in [0.25, 0.3) is 38.8 Å². The number of nitrogens with two attached hydrogens (primary N) is 1. The van der Waals surface area contributed by atoms with Gasteiger partial charge in [0.2, 0.25) is 0 Å². The molecular weight excluding hydrogens is 473 g/mol. The second-order valence-corrected chi connectivity index (χ2v) is 8.40.